The average molecular weight is 422 g/mol. The molecule has 2 fully saturated rings. The standard InChI is InChI=1S/C25H35N5O/c1-2-26-25(29-21-14-16-30(18-21)23-8-3-4-9-23)28-17-20-10-12-24(13-11-20)31-19-22-7-5-6-15-27-22/h5-7,10-13,15,21,23H,2-4,8-9,14,16-19H2,1H3,(H2,26,28,29). The van der Waals surface area contributed by atoms with E-state index in [-0.39, 0.29) is 0 Å². The molecule has 1 aliphatic heterocycles. The molecule has 1 aliphatic carbocycles. The Morgan fingerprint density at radius 1 is 1.13 bits per heavy atom. The number of pyridine rings is 1. The van der Waals surface area contributed by atoms with Crippen molar-refractivity contribution in [2.45, 2.75) is 64.3 Å². The number of nitrogens with zero attached hydrogens (tertiary/aromatic N) is 3. The van der Waals surface area contributed by atoms with Gasteiger partial charge in [-0.05, 0) is 56.0 Å². The van der Waals surface area contributed by atoms with Crippen LogP contribution in [0.1, 0.15) is 50.3 Å². The van der Waals surface area contributed by atoms with Crippen LogP contribution < -0.4 is 15.4 Å². The average Bonchev–Trinajstić information content (AvgIpc) is 3.50. The minimum atomic E-state index is 0.478. The number of aromatic nitrogens is 1. The Hall–Kier alpha value is -2.60. The molecule has 0 amide bonds. The number of benzene rings is 1. The number of likely N-dealkylation sites (tertiary alicyclic amines) is 1. The first-order chi connectivity index (χ1) is 15.3. The summed E-state index contributed by atoms with van der Waals surface area (Å²) in [7, 11) is 0. The van der Waals surface area contributed by atoms with Crippen LogP contribution in [-0.4, -0.2) is 47.6 Å². The zero-order chi connectivity index (χ0) is 21.3. The van der Waals surface area contributed by atoms with E-state index in [2.05, 4.69) is 39.6 Å². The van der Waals surface area contributed by atoms with Crippen molar-refractivity contribution in [1.29, 1.82) is 0 Å². The lowest BCUT2D eigenvalue weighted by atomic mass is 10.2. The van der Waals surface area contributed by atoms with Crippen molar-refractivity contribution >= 4 is 5.96 Å². The molecule has 1 aromatic carbocycles. The topological polar surface area (TPSA) is 61.8 Å². The van der Waals surface area contributed by atoms with Crippen molar-refractivity contribution < 1.29 is 4.74 Å². The van der Waals surface area contributed by atoms with E-state index in [4.69, 9.17) is 9.73 Å². The lowest BCUT2D eigenvalue weighted by Crippen LogP contribution is -2.45. The van der Waals surface area contributed by atoms with Crippen LogP contribution >= 0.6 is 0 Å². The molecule has 1 saturated heterocycles. The fourth-order valence-electron chi connectivity index (χ4n) is 4.52. The van der Waals surface area contributed by atoms with E-state index < -0.39 is 0 Å². The Kier molecular flexibility index (Phi) is 7.77. The third kappa shape index (κ3) is 6.44. The van der Waals surface area contributed by atoms with Gasteiger partial charge in [0.15, 0.2) is 5.96 Å². The zero-order valence-corrected chi connectivity index (χ0v) is 18.6. The highest BCUT2D eigenvalue weighted by Gasteiger charge is 2.30. The summed E-state index contributed by atoms with van der Waals surface area (Å²) in [5, 5.41) is 7.06. The van der Waals surface area contributed by atoms with Crippen LogP contribution in [-0.2, 0) is 13.2 Å². The number of hydrogen-bond acceptors (Lipinski definition) is 4. The third-order valence-corrected chi connectivity index (χ3v) is 6.20. The molecule has 6 nitrogen and oxygen atoms in total. The van der Waals surface area contributed by atoms with Crippen LogP contribution in [0.2, 0.25) is 0 Å². The second-order valence-corrected chi connectivity index (χ2v) is 8.51. The van der Waals surface area contributed by atoms with Crippen LogP contribution in [0.3, 0.4) is 0 Å². The Balaban J connectivity index is 1.27. The van der Waals surface area contributed by atoms with Crippen molar-refractivity contribution in [1.82, 2.24) is 20.5 Å². The number of rotatable bonds is 8. The second-order valence-electron chi connectivity index (χ2n) is 8.51. The normalized spacial score (nSPS) is 20.2. The van der Waals surface area contributed by atoms with Gasteiger partial charge in [0.1, 0.15) is 12.4 Å². The Bertz CT molecular complexity index is 818. The molecule has 1 aromatic heterocycles. The first-order valence-corrected chi connectivity index (χ1v) is 11.7. The molecular weight excluding hydrogens is 386 g/mol. The van der Waals surface area contributed by atoms with Crippen LogP contribution in [0, 0.1) is 0 Å². The van der Waals surface area contributed by atoms with Gasteiger partial charge in [0.05, 0.1) is 12.2 Å². The molecule has 166 valence electrons. The minimum Gasteiger partial charge on any atom is -0.487 e. The smallest absolute Gasteiger partial charge is 0.191 e. The van der Waals surface area contributed by atoms with E-state index in [1.165, 1.54) is 44.2 Å². The number of nitrogens with one attached hydrogen (secondary N) is 2. The molecule has 0 radical (unpaired) electrons. The highest BCUT2D eigenvalue weighted by Crippen LogP contribution is 2.26. The van der Waals surface area contributed by atoms with Crippen molar-refractivity contribution in [2.75, 3.05) is 19.6 Å². The second kappa shape index (κ2) is 11.1. The van der Waals surface area contributed by atoms with Gasteiger partial charge in [-0.2, -0.15) is 0 Å². The molecular formula is C25H35N5O. The summed E-state index contributed by atoms with van der Waals surface area (Å²) < 4.78 is 5.82. The van der Waals surface area contributed by atoms with Crippen molar-refractivity contribution in [3.63, 3.8) is 0 Å². The molecule has 1 atom stereocenters. The number of hydrogen-bond donors (Lipinski definition) is 2. The predicted molar refractivity (Wildman–Crippen MR) is 125 cm³/mol. The number of aliphatic imine (C=N–C) groups is 1. The largest absolute Gasteiger partial charge is 0.487 e. The first-order valence-electron chi connectivity index (χ1n) is 11.7. The van der Waals surface area contributed by atoms with E-state index >= 15 is 0 Å². The predicted octanol–water partition coefficient (Wildman–Crippen LogP) is 3.73. The van der Waals surface area contributed by atoms with E-state index in [1.54, 1.807) is 6.20 Å². The van der Waals surface area contributed by atoms with Crippen molar-refractivity contribution in [3.8, 4) is 5.75 Å². The highest BCUT2D eigenvalue weighted by molar-refractivity contribution is 5.80. The van der Waals surface area contributed by atoms with E-state index in [0.29, 0.717) is 19.2 Å². The van der Waals surface area contributed by atoms with Gasteiger partial charge in [-0.1, -0.05) is 31.0 Å². The van der Waals surface area contributed by atoms with Gasteiger partial charge >= 0.3 is 0 Å². The Morgan fingerprint density at radius 3 is 2.71 bits per heavy atom. The lowest BCUT2D eigenvalue weighted by Gasteiger charge is -2.24. The summed E-state index contributed by atoms with van der Waals surface area (Å²) in [6.45, 7) is 6.45. The van der Waals surface area contributed by atoms with Crippen LogP contribution in [0.4, 0.5) is 0 Å². The van der Waals surface area contributed by atoms with Crippen LogP contribution in [0.5, 0.6) is 5.75 Å². The Morgan fingerprint density at radius 2 is 1.97 bits per heavy atom. The van der Waals surface area contributed by atoms with Gasteiger partial charge < -0.3 is 15.4 Å². The summed E-state index contributed by atoms with van der Waals surface area (Å²) in [4.78, 5) is 11.8. The maximum Gasteiger partial charge on any atom is 0.191 e. The molecule has 0 spiro atoms. The molecule has 2 aromatic rings. The minimum absolute atomic E-state index is 0.478. The van der Waals surface area contributed by atoms with E-state index in [9.17, 15) is 0 Å². The summed E-state index contributed by atoms with van der Waals surface area (Å²) in [5.41, 5.74) is 2.09. The molecule has 31 heavy (non-hydrogen) atoms. The molecule has 2 aliphatic rings. The third-order valence-electron chi connectivity index (χ3n) is 6.20. The van der Waals surface area contributed by atoms with Crippen LogP contribution in [0.25, 0.3) is 0 Å². The summed E-state index contributed by atoms with van der Waals surface area (Å²) in [6.07, 6.45) is 8.54. The fourth-order valence-corrected chi connectivity index (χ4v) is 4.52. The zero-order valence-electron chi connectivity index (χ0n) is 18.6. The van der Waals surface area contributed by atoms with E-state index in [1.807, 2.05) is 30.3 Å². The molecule has 0 bridgehead atoms. The van der Waals surface area contributed by atoms with Gasteiger partial charge in [0.25, 0.3) is 0 Å². The molecule has 2 N–H and O–H groups in total. The number of ether oxygens (including phenoxy) is 1. The summed E-state index contributed by atoms with van der Waals surface area (Å²) in [5.74, 6) is 1.76. The molecule has 2 heterocycles. The number of guanidine groups is 1. The highest BCUT2D eigenvalue weighted by atomic mass is 16.5. The maximum absolute atomic E-state index is 5.82. The van der Waals surface area contributed by atoms with Gasteiger partial charge in [0, 0.05) is 37.9 Å². The van der Waals surface area contributed by atoms with Gasteiger partial charge in [-0.25, -0.2) is 4.99 Å². The monoisotopic (exact) mass is 421 g/mol. The quantitative estimate of drug-likeness (QED) is 0.502. The van der Waals surface area contributed by atoms with E-state index in [0.717, 1.165) is 36.5 Å². The first kappa shape index (κ1) is 21.6. The lowest BCUT2D eigenvalue weighted by molar-refractivity contribution is 0.242. The van der Waals surface area contributed by atoms with Gasteiger partial charge in [-0.3, -0.25) is 9.88 Å². The van der Waals surface area contributed by atoms with Gasteiger partial charge in [-0.15, -0.1) is 0 Å². The SMILES string of the molecule is CCNC(=NCc1ccc(OCc2ccccn2)cc1)NC1CCN(C2CCCC2)C1. The Labute approximate surface area is 186 Å². The molecule has 1 unspecified atom stereocenters. The van der Waals surface area contributed by atoms with Crippen LogP contribution in [0.15, 0.2) is 53.7 Å². The van der Waals surface area contributed by atoms with Gasteiger partial charge in [0.2, 0.25) is 0 Å². The molecule has 6 heteroatoms. The molecule has 1 saturated carbocycles. The van der Waals surface area contributed by atoms with Crippen molar-refractivity contribution in [3.05, 3.63) is 59.9 Å². The summed E-state index contributed by atoms with van der Waals surface area (Å²) >= 11 is 0. The maximum atomic E-state index is 5.82. The summed E-state index contributed by atoms with van der Waals surface area (Å²) in [6, 6.07) is 15.3. The van der Waals surface area contributed by atoms with Crippen molar-refractivity contribution in [2.24, 2.45) is 4.99 Å². The fraction of sp³-hybridized carbons (Fsp3) is 0.520. The molecule has 4 rings (SSSR count).